The van der Waals surface area contributed by atoms with Crippen LogP contribution < -0.4 is 5.32 Å². The molecule has 0 atom stereocenters. The highest BCUT2D eigenvalue weighted by atomic mass is 35.5. The molecule has 5 aromatic rings. The molecule has 5 nitrogen and oxygen atoms in total. The van der Waals surface area contributed by atoms with Crippen molar-refractivity contribution in [2.45, 2.75) is 0 Å². The van der Waals surface area contributed by atoms with Gasteiger partial charge in [0, 0.05) is 21.7 Å². The topological polar surface area (TPSA) is 79.3 Å². The maximum absolute atomic E-state index is 12.6. The first-order valence-corrected chi connectivity index (χ1v) is 11.3. The number of aromatic nitrogens is 1. The highest BCUT2D eigenvalue weighted by Crippen LogP contribution is 2.25. The van der Waals surface area contributed by atoms with Crippen LogP contribution in [0.15, 0.2) is 91.0 Å². The fourth-order valence-corrected chi connectivity index (χ4v) is 4.04. The normalized spacial score (nSPS) is 11.2. The molecule has 0 spiro atoms. The molecular weight excluding hydrogens is 460 g/mol. The van der Waals surface area contributed by atoms with Gasteiger partial charge in [-0.25, -0.2) is 9.78 Å². The van der Waals surface area contributed by atoms with Crippen molar-refractivity contribution in [3.8, 4) is 0 Å². The van der Waals surface area contributed by atoms with E-state index in [1.54, 1.807) is 0 Å². The van der Waals surface area contributed by atoms with Crippen molar-refractivity contribution in [2.75, 3.05) is 5.32 Å². The molecule has 0 saturated heterocycles. The molecule has 5 rings (SSSR count). The molecule has 1 amide bonds. The summed E-state index contributed by atoms with van der Waals surface area (Å²) in [5, 5.41) is 15.6. The van der Waals surface area contributed by atoms with Gasteiger partial charge in [0.15, 0.2) is 0 Å². The van der Waals surface area contributed by atoms with Crippen molar-refractivity contribution in [1.82, 2.24) is 4.98 Å². The van der Waals surface area contributed by atoms with E-state index in [9.17, 15) is 9.59 Å². The number of fused-ring (bicyclic) bond motifs is 2. The molecule has 0 saturated carbocycles. The minimum absolute atomic E-state index is 0.135. The molecule has 0 aliphatic heterocycles. The van der Waals surface area contributed by atoms with Crippen LogP contribution in [0.3, 0.4) is 0 Å². The number of nitrogens with zero attached hydrogens (tertiary/aromatic N) is 1. The zero-order chi connectivity index (χ0) is 24.4. The van der Waals surface area contributed by atoms with E-state index in [1.807, 2.05) is 78.9 Å². The number of carboxylic acid groups (broad SMARTS) is 1. The Bertz CT molecular complexity index is 1630. The van der Waals surface area contributed by atoms with Crippen molar-refractivity contribution < 1.29 is 14.7 Å². The fourth-order valence-electron chi connectivity index (χ4n) is 3.87. The predicted octanol–water partition coefficient (Wildman–Crippen LogP) is 7.16. The van der Waals surface area contributed by atoms with E-state index in [-0.39, 0.29) is 11.5 Å². The summed E-state index contributed by atoms with van der Waals surface area (Å²) < 4.78 is 0. The van der Waals surface area contributed by atoms with E-state index in [2.05, 4.69) is 10.3 Å². The maximum atomic E-state index is 12.6. The van der Waals surface area contributed by atoms with Crippen molar-refractivity contribution in [3.63, 3.8) is 0 Å². The Kier molecular flexibility index (Phi) is 6.00. The molecule has 1 aromatic heterocycles. The number of hydrogen-bond donors (Lipinski definition) is 2. The van der Waals surface area contributed by atoms with Crippen LogP contribution in [-0.4, -0.2) is 22.0 Å². The van der Waals surface area contributed by atoms with E-state index in [4.69, 9.17) is 16.7 Å². The number of anilines is 1. The van der Waals surface area contributed by atoms with Crippen LogP contribution in [0, 0.1) is 0 Å². The molecular formula is C29H19ClN2O3. The molecule has 1 heterocycles. The molecule has 0 aliphatic rings. The summed E-state index contributed by atoms with van der Waals surface area (Å²) in [5.41, 5.74) is 3.87. The Labute approximate surface area is 206 Å². The van der Waals surface area contributed by atoms with E-state index in [0.717, 1.165) is 32.9 Å². The summed E-state index contributed by atoms with van der Waals surface area (Å²) in [6.45, 7) is 0. The number of benzene rings is 4. The number of amides is 1. The monoisotopic (exact) mass is 478 g/mol. The van der Waals surface area contributed by atoms with Gasteiger partial charge in [-0.3, -0.25) is 4.79 Å². The second kappa shape index (κ2) is 9.41. The molecule has 4 aromatic carbocycles. The lowest BCUT2D eigenvalue weighted by Crippen LogP contribution is -2.12. The third-order valence-corrected chi connectivity index (χ3v) is 5.91. The molecule has 35 heavy (non-hydrogen) atoms. The van der Waals surface area contributed by atoms with Gasteiger partial charge in [-0.05, 0) is 77.0 Å². The van der Waals surface area contributed by atoms with Crippen LogP contribution in [0.4, 0.5) is 5.69 Å². The molecule has 2 N–H and O–H groups in total. The number of aromatic carboxylic acids is 1. The van der Waals surface area contributed by atoms with E-state index >= 15 is 0 Å². The summed E-state index contributed by atoms with van der Waals surface area (Å²) >= 11 is 6.10. The van der Waals surface area contributed by atoms with Crippen LogP contribution in [0.1, 0.15) is 32.0 Å². The molecule has 0 radical (unpaired) electrons. The fraction of sp³-hybridized carbons (Fsp3) is 0. The van der Waals surface area contributed by atoms with Crippen molar-refractivity contribution in [1.29, 1.82) is 0 Å². The lowest BCUT2D eigenvalue weighted by atomic mass is 10.0. The molecule has 0 fully saturated rings. The van der Waals surface area contributed by atoms with Gasteiger partial charge in [0.2, 0.25) is 0 Å². The second-order valence-electron chi connectivity index (χ2n) is 8.03. The molecule has 0 aliphatic carbocycles. The second-order valence-corrected chi connectivity index (χ2v) is 8.46. The summed E-state index contributed by atoms with van der Waals surface area (Å²) in [6.07, 6.45) is 3.98. The third kappa shape index (κ3) is 4.90. The highest BCUT2D eigenvalue weighted by molar-refractivity contribution is 6.31. The Morgan fingerprint density at radius 1 is 0.800 bits per heavy atom. The minimum atomic E-state index is -1.03. The Balaban J connectivity index is 1.38. The average Bonchev–Trinajstić information content (AvgIpc) is 2.87. The van der Waals surface area contributed by atoms with Crippen LogP contribution in [0.2, 0.25) is 5.02 Å². The summed E-state index contributed by atoms with van der Waals surface area (Å²) in [6, 6.07) is 27.2. The van der Waals surface area contributed by atoms with Gasteiger partial charge in [0.25, 0.3) is 5.91 Å². The quantitative estimate of drug-likeness (QED) is 0.281. The molecule has 0 bridgehead atoms. The third-order valence-electron chi connectivity index (χ3n) is 5.68. The minimum Gasteiger partial charge on any atom is -0.478 e. The van der Waals surface area contributed by atoms with Crippen molar-refractivity contribution >= 4 is 63.0 Å². The number of carbonyl (C=O) groups is 2. The zero-order valence-corrected chi connectivity index (χ0v) is 19.2. The zero-order valence-electron chi connectivity index (χ0n) is 18.4. The number of carbonyl (C=O) groups excluding carboxylic acids is 1. The van der Waals surface area contributed by atoms with Gasteiger partial charge in [0.1, 0.15) is 0 Å². The Morgan fingerprint density at radius 3 is 2.37 bits per heavy atom. The van der Waals surface area contributed by atoms with Gasteiger partial charge in [-0.2, -0.15) is 0 Å². The van der Waals surface area contributed by atoms with Gasteiger partial charge < -0.3 is 10.4 Å². The Hall–Kier alpha value is -4.48. The van der Waals surface area contributed by atoms with Gasteiger partial charge >= 0.3 is 5.97 Å². The van der Waals surface area contributed by atoms with Crippen molar-refractivity contribution in [3.05, 3.63) is 118 Å². The predicted molar refractivity (Wildman–Crippen MR) is 141 cm³/mol. The highest BCUT2D eigenvalue weighted by Gasteiger charge is 2.09. The van der Waals surface area contributed by atoms with Crippen LogP contribution >= 0.6 is 11.6 Å². The molecule has 170 valence electrons. The number of carboxylic acids is 1. The first-order valence-electron chi connectivity index (χ1n) is 10.9. The molecule has 6 heteroatoms. The lowest BCUT2D eigenvalue weighted by Gasteiger charge is -2.09. The summed E-state index contributed by atoms with van der Waals surface area (Å²) in [5.74, 6) is -1.34. The summed E-state index contributed by atoms with van der Waals surface area (Å²) in [7, 11) is 0. The van der Waals surface area contributed by atoms with Crippen LogP contribution in [0.25, 0.3) is 33.8 Å². The summed E-state index contributed by atoms with van der Waals surface area (Å²) in [4.78, 5) is 28.3. The van der Waals surface area contributed by atoms with Gasteiger partial charge in [-0.15, -0.1) is 0 Å². The van der Waals surface area contributed by atoms with E-state index in [1.165, 1.54) is 24.3 Å². The van der Waals surface area contributed by atoms with Crippen LogP contribution in [-0.2, 0) is 0 Å². The van der Waals surface area contributed by atoms with E-state index in [0.29, 0.717) is 16.3 Å². The standard InChI is InChI=1S/C29H19ClN2O3/c30-23-11-8-19-10-13-24(31-27(19)17-23)12-9-18-2-1-3-22-16-25(14-15-26(18)22)32-28(33)20-4-6-21(7-5-20)29(34)35/h1-17H,(H,32,33)(H,34,35)/b12-9+. The maximum Gasteiger partial charge on any atom is 0.335 e. The van der Waals surface area contributed by atoms with Gasteiger partial charge in [-0.1, -0.05) is 54.1 Å². The number of halogens is 1. The average molecular weight is 479 g/mol. The SMILES string of the molecule is O=C(O)c1ccc(C(=O)Nc2ccc3c(/C=C/c4ccc5ccc(Cl)cc5n4)cccc3c2)cc1. The first-order chi connectivity index (χ1) is 17.0. The lowest BCUT2D eigenvalue weighted by molar-refractivity contribution is 0.0696. The largest absolute Gasteiger partial charge is 0.478 e. The Morgan fingerprint density at radius 2 is 1.57 bits per heavy atom. The van der Waals surface area contributed by atoms with Gasteiger partial charge in [0.05, 0.1) is 16.8 Å². The number of rotatable bonds is 5. The number of hydrogen-bond acceptors (Lipinski definition) is 3. The smallest absolute Gasteiger partial charge is 0.335 e. The van der Waals surface area contributed by atoms with E-state index < -0.39 is 5.97 Å². The number of nitrogens with one attached hydrogen (secondary N) is 1. The molecule has 0 unspecified atom stereocenters. The van der Waals surface area contributed by atoms with Crippen LogP contribution in [0.5, 0.6) is 0 Å². The first kappa shape index (κ1) is 22.3. The van der Waals surface area contributed by atoms with Crippen molar-refractivity contribution in [2.24, 2.45) is 0 Å². The number of pyridine rings is 1.